The molecular formula is C28H37NO10. The Balaban J connectivity index is 1.65. The normalized spacial score (nSPS) is 21.6. The van der Waals surface area contributed by atoms with E-state index in [4.69, 9.17) is 28.8 Å². The van der Waals surface area contributed by atoms with E-state index in [9.17, 15) is 19.5 Å². The van der Waals surface area contributed by atoms with Crippen molar-refractivity contribution >= 4 is 23.9 Å². The lowest BCUT2D eigenvalue weighted by Gasteiger charge is -2.30. The molecule has 0 unspecified atom stereocenters. The van der Waals surface area contributed by atoms with E-state index < -0.39 is 47.8 Å². The Hall–Kier alpha value is -3.25. The quantitative estimate of drug-likeness (QED) is 0.201. The summed E-state index contributed by atoms with van der Waals surface area (Å²) in [6.07, 6.45) is 2.94. The van der Waals surface area contributed by atoms with Crippen molar-refractivity contribution in [1.82, 2.24) is 5.32 Å². The van der Waals surface area contributed by atoms with Crippen molar-refractivity contribution in [3.05, 3.63) is 53.3 Å². The molecule has 214 valence electrons. The van der Waals surface area contributed by atoms with Gasteiger partial charge >= 0.3 is 11.9 Å². The minimum atomic E-state index is -0.798. The van der Waals surface area contributed by atoms with Crippen LogP contribution in [-0.2, 0) is 33.3 Å². The maximum absolute atomic E-state index is 13.1. The first kappa shape index (κ1) is 30.3. The molecule has 1 saturated heterocycles. The molecule has 1 aliphatic carbocycles. The van der Waals surface area contributed by atoms with Gasteiger partial charge in [0.25, 0.3) is 0 Å². The van der Waals surface area contributed by atoms with Gasteiger partial charge in [-0.1, -0.05) is 18.2 Å². The van der Waals surface area contributed by atoms with E-state index in [-0.39, 0.29) is 45.9 Å². The minimum Gasteiger partial charge on any atom is -0.499 e. The van der Waals surface area contributed by atoms with Crippen LogP contribution >= 0.6 is 0 Å². The Morgan fingerprint density at radius 2 is 1.95 bits per heavy atom. The van der Waals surface area contributed by atoms with Crippen LogP contribution in [0.15, 0.2) is 42.2 Å². The number of carbonyl (C=O) groups is 3. The van der Waals surface area contributed by atoms with E-state index in [1.165, 1.54) is 6.26 Å². The number of aliphatic hydroxyl groups excluding tert-OH is 2. The molecule has 1 heterocycles. The molecule has 1 amide bonds. The summed E-state index contributed by atoms with van der Waals surface area (Å²) in [6, 6.07) is 6.13. The van der Waals surface area contributed by atoms with Gasteiger partial charge in [-0.25, -0.2) is 4.79 Å². The maximum Gasteiger partial charge on any atom is 0.339 e. The standard InChI is InChI=1S/C28H37NO10/c1-28(2,3)39-24(32)9-8-20(16-31)29-26(33)19-14-22-25(37-17-36-22)23(15-19)38-27(34)21-7-5-4-6-18(21)10-12-35-13-11-30/h4-7,10,12,14,20,22-23,25,30-31H,8-9,11,13,15-17H2,1-3H3,(H,29,33)/t20-,22+,23+,25+/m0/s1. The van der Waals surface area contributed by atoms with Crippen molar-refractivity contribution in [2.75, 3.05) is 26.6 Å². The van der Waals surface area contributed by atoms with Gasteiger partial charge in [-0.05, 0) is 51.0 Å². The Morgan fingerprint density at radius 1 is 1.18 bits per heavy atom. The fourth-order valence-electron chi connectivity index (χ4n) is 4.17. The average Bonchev–Trinajstić information content (AvgIpc) is 3.37. The molecule has 3 N–H and O–H groups in total. The number of aliphatic hydroxyl groups is 2. The number of ether oxygens (including phenoxy) is 5. The van der Waals surface area contributed by atoms with Crippen LogP contribution in [0.3, 0.4) is 0 Å². The number of esters is 2. The van der Waals surface area contributed by atoms with Crippen LogP contribution in [0.1, 0.15) is 56.0 Å². The van der Waals surface area contributed by atoms with Gasteiger partial charge in [0, 0.05) is 18.4 Å². The average molecular weight is 548 g/mol. The molecule has 0 spiro atoms. The van der Waals surface area contributed by atoms with Gasteiger partial charge in [0.05, 0.1) is 31.1 Å². The largest absolute Gasteiger partial charge is 0.499 e. The predicted octanol–water partition coefficient (Wildman–Crippen LogP) is 1.86. The second-order valence-electron chi connectivity index (χ2n) is 10.2. The lowest BCUT2D eigenvalue weighted by molar-refractivity contribution is -0.155. The van der Waals surface area contributed by atoms with Gasteiger partial charge in [0.2, 0.25) is 5.91 Å². The number of rotatable bonds is 12. The molecule has 2 aliphatic rings. The van der Waals surface area contributed by atoms with Crippen molar-refractivity contribution in [2.24, 2.45) is 0 Å². The third-order valence-electron chi connectivity index (χ3n) is 5.95. The second-order valence-corrected chi connectivity index (χ2v) is 10.2. The Morgan fingerprint density at radius 3 is 2.67 bits per heavy atom. The monoisotopic (exact) mass is 547 g/mol. The van der Waals surface area contributed by atoms with Crippen molar-refractivity contribution in [3.8, 4) is 0 Å². The third-order valence-corrected chi connectivity index (χ3v) is 5.95. The number of hydrogen-bond donors (Lipinski definition) is 3. The highest BCUT2D eigenvalue weighted by molar-refractivity contribution is 5.95. The van der Waals surface area contributed by atoms with E-state index in [1.807, 2.05) is 0 Å². The van der Waals surface area contributed by atoms with Crippen LogP contribution in [0.4, 0.5) is 0 Å². The molecule has 0 saturated carbocycles. The van der Waals surface area contributed by atoms with Crippen LogP contribution in [0.2, 0.25) is 0 Å². The molecule has 0 aromatic heterocycles. The molecule has 11 nitrogen and oxygen atoms in total. The second kappa shape index (κ2) is 14.2. The zero-order valence-corrected chi connectivity index (χ0v) is 22.5. The summed E-state index contributed by atoms with van der Waals surface area (Å²) < 4.78 is 27.5. The van der Waals surface area contributed by atoms with Gasteiger partial charge < -0.3 is 39.2 Å². The highest BCUT2D eigenvalue weighted by atomic mass is 16.7. The van der Waals surface area contributed by atoms with E-state index >= 15 is 0 Å². The highest BCUT2D eigenvalue weighted by Gasteiger charge is 2.42. The van der Waals surface area contributed by atoms with Gasteiger partial charge in [-0.2, -0.15) is 0 Å². The molecule has 11 heteroatoms. The van der Waals surface area contributed by atoms with Crippen LogP contribution in [0.25, 0.3) is 6.08 Å². The van der Waals surface area contributed by atoms with Crippen LogP contribution < -0.4 is 5.32 Å². The smallest absolute Gasteiger partial charge is 0.339 e. The summed E-state index contributed by atoms with van der Waals surface area (Å²) in [6.45, 7) is 4.91. The molecule has 3 rings (SSSR count). The van der Waals surface area contributed by atoms with E-state index in [2.05, 4.69) is 5.32 Å². The van der Waals surface area contributed by atoms with Gasteiger partial charge in [-0.3, -0.25) is 9.59 Å². The molecule has 0 bridgehead atoms. The fraction of sp³-hybridized carbons (Fsp3) is 0.536. The van der Waals surface area contributed by atoms with E-state index in [0.717, 1.165) is 0 Å². The highest BCUT2D eigenvalue weighted by Crippen LogP contribution is 2.31. The molecule has 0 radical (unpaired) electrons. The first-order valence-electron chi connectivity index (χ1n) is 12.9. The Bertz CT molecular complexity index is 1060. The first-order valence-corrected chi connectivity index (χ1v) is 12.9. The van der Waals surface area contributed by atoms with Gasteiger partial charge in [0.1, 0.15) is 37.3 Å². The van der Waals surface area contributed by atoms with Crippen molar-refractivity contribution in [2.45, 2.75) is 70.0 Å². The van der Waals surface area contributed by atoms with Crippen molar-refractivity contribution in [3.63, 3.8) is 0 Å². The van der Waals surface area contributed by atoms with Crippen molar-refractivity contribution in [1.29, 1.82) is 0 Å². The zero-order valence-electron chi connectivity index (χ0n) is 22.5. The van der Waals surface area contributed by atoms with Crippen LogP contribution in [0, 0.1) is 0 Å². The SMILES string of the molecule is CC(C)(C)OC(=O)CC[C@@H](CO)NC(=O)C1=C[C@H]2OCO[C@H]2[C@H](OC(=O)c2ccccc2C=COCCO)C1. The molecule has 39 heavy (non-hydrogen) atoms. The number of benzene rings is 1. The Kier molecular flexibility index (Phi) is 11.0. The van der Waals surface area contributed by atoms with Crippen LogP contribution in [-0.4, -0.2) is 84.6 Å². The summed E-state index contributed by atoms with van der Waals surface area (Å²) in [7, 11) is 0. The van der Waals surface area contributed by atoms with Gasteiger partial charge in [0.15, 0.2) is 0 Å². The van der Waals surface area contributed by atoms with Gasteiger partial charge in [-0.15, -0.1) is 0 Å². The molecule has 4 atom stereocenters. The lowest BCUT2D eigenvalue weighted by Crippen LogP contribution is -2.45. The number of fused-ring (bicyclic) bond motifs is 1. The number of nitrogens with one attached hydrogen (secondary N) is 1. The minimum absolute atomic E-state index is 0.00848. The van der Waals surface area contributed by atoms with E-state index in [0.29, 0.717) is 16.7 Å². The fourth-order valence-corrected chi connectivity index (χ4v) is 4.17. The van der Waals surface area contributed by atoms with Crippen LogP contribution in [0.5, 0.6) is 0 Å². The zero-order chi connectivity index (χ0) is 28.4. The summed E-state index contributed by atoms with van der Waals surface area (Å²) in [5.41, 5.74) is 0.542. The summed E-state index contributed by atoms with van der Waals surface area (Å²) in [5, 5.41) is 21.3. The lowest BCUT2D eigenvalue weighted by atomic mass is 9.91. The van der Waals surface area contributed by atoms with Crippen molar-refractivity contribution < 1.29 is 48.3 Å². The number of amides is 1. The molecule has 1 aromatic carbocycles. The topological polar surface area (TPSA) is 150 Å². The first-order chi connectivity index (χ1) is 18.6. The molecule has 1 aliphatic heterocycles. The van der Waals surface area contributed by atoms with E-state index in [1.54, 1.807) is 57.2 Å². The summed E-state index contributed by atoms with van der Waals surface area (Å²) in [4.78, 5) is 38.2. The predicted molar refractivity (Wildman–Crippen MR) is 139 cm³/mol. The third kappa shape index (κ3) is 9.17. The maximum atomic E-state index is 13.1. The number of carbonyl (C=O) groups excluding carboxylic acids is 3. The molecule has 1 aromatic rings. The molecule has 1 fully saturated rings. The summed E-state index contributed by atoms with van der Waals surface area (Å²) in [5.74, 6) is -1.49. The number of hydrogen-bond acceptors (Lipinski definition) is 10. The summed E-state index contributed by atoms with van der Waals surface area (Å²) >= 11 is 0. The Labute approximate surface area is 227 Å². The molecular weight excluding hydrogens is 510 g/mol.